The number of rotatable bonds is 14. The normalized spacial score (nSPS) is 11.3. The number of unbranched alkanes of at least 4 members (excludes halogenated alkanes) is 6. The maximum absolute atomic E-state index is 4.40. The third-order valence-corrected chi connectivity index (χ3v) is 4.47. The monoisotopic (exact) mass is 308 g/mol. The topological polar surface area (TPSA) is 0 Å². The highest BCUT2D eigenvalue weighted by molar-refractivity contribution is 7.80. The van der Waals surface area contributed by atoms with E-state index in [1.165, 1.54) is 70.6 Å². The molecule has 0 aliphatic rings. The summed E-state index contributed by atoms with van der Waals surface area (Å²) in [5, 5.41) is 0. The average molecular weight is 309 g/mol. The van der Waals surface area contributed by atoms with Crippen molar-refractivity contribution in [3.8, 4) is 0 Å². The Morgan fingerprint density at radius 3 is 1.28 bits per heavy atom. The summed E-state index contributed by atoms with van der Waals surface area (Å²) in [6, 6.07) is 0. The van der Waals surface area contributed by atoms with Gasteiger partial charge in [-0.25, -0.2) is 0 Å². The summed E-state index contributed by atoms with van der Waals surface area (Å²) in [6.07, 6.45) is 15.0. The van der Waals surface area contributed by atoms with Crippen LogP contribution in [0.25, 0.3) is 0 Å². The lowest BCUT2D eigenvalue weighted by Crippen LogP contribution is -2.02. The second-order valence-corrected chi connectivity index (χ2v) is 6.57. The van der Waals surface area contributed by atoms with Crippen LogP contribution < -0.4 is 0 Å². The maximum atomic E-state index is 4.40. The third-order valence-electron chi connectivity index (χ3n) is 3.58. The minimum atomic E-state index is 0.925. The quantitative estimate of drug-likeness (QED) is 0.267. The Morgan fingerprint density at radius 2 is 0.889 bits per heavy atom. The Bertz CT molecular complexity index is 137. The van der Waals surface area contributed by atoms with Gasteiger partial charge in [0.25, 0.3) is 0 Å². The van der Waals surface area contributed by atoms with Crippen molar-refractivity contribution in [1.29, 1.82) is 0 Å². The fraction of sp³-hybridized carbons (Fsp3) is 1.00. The highest BCUT2D eigenvalue weighted by Crippen LogP contribution is 2.21. The molecular weight excluding hydrogens is 276 g/mol. The van der Waals surface area contributed by atoms with E-state index in [1.807, 2.05) is 0 Å². The van der Waals surface area contributed by atoms with E-state index in [9.17, 15) is 0 Å². The van der Waals surface area contributed by atoms with Gasteiger partial charge in [0, 0.05) is 0 Å². The standard InChI is InChI=1S/C15H32S3/c16-12-7-3-1-5-9-15(11-14-18)10-6-2-4-8-13-17/h15-18H,1-14H2. The van der Waals surface area contributed by atoms with Crippen LogP contribution in [0.2, 0.25) is 0 Å². The van der Waals surface area contributed by atoms with Crippen molar-refractivity contribution < 1.29 is 0 Å². The van der Waals surface area contributed by atoms with Gasteiger partial charge in [-0.1, -0.05) is 51.4 Å². The van der Waals surface area contributed by atoms with Crippen LogP contribution in [-0.2, 0) is 0 Å². The van der Waals surface area contributed by atoms with Gasteiger partial charge in [-0.2, -0.15) is 37.9 Å². The zero-order valence-corrected chi connectivity index (χ0v) is 14.5. The lowest BCUT2D eigenvalue weighted by Gasteiger charge is -2.15. The average Bonchev–Trinajstić information content (AvgIpc) is 2.38. The molecule has 18 heavy (non-hydrogen) atoms. The lowest BCUT2D eigenvalue weighted by molar-refractivity contribution is 0.398. The van der Waals surface area contributed by atoms with E-state index in [0.717, 1.165) is 23.2 Å². The molecule has 0 aromatic carbocycles. The highest BCUT2D eigenvalue weighted by Gasteiger charge is 2.07. The predicted molar refractivity (Wildman–Crippen MR) is 95.8 cm³/mol. The summed E-state index contributed by atoms with van der Waals surface area (Å²) >= 11 is 12.9. The van der Waals surface area contributed by atoms with Gasteiger partial charge in [-0.05, 0) is 42.4 Å². The van der Waals surface area contributed by atoms with E-state index in [-0.39, 0.29) is 0 Å². The van der Waals surface area contributed by atoms with Crippen molar-refractivity contribution in [2.45, 2.75) is 70.6 Å². The second kappa shape index (κ2) is 16.1. The molecule has 0 N–H and O–H groups in total. The van der Waals surface area contributed by atoms with Crippen molar-refractivity contribution >= 4 is 37.9 Å². The van der Waals surface area contributed by atoms with Crippen molar-refractivity contribution in [2.75, 3.05) is 17.3 Å². The number of hydrogen-bond acceptors (Lipinski definition) is 3. The van der Waals surface area contributed by atoms with Crippen molar-refractivity contribution in [3.05, 3.63) is 0 Å². The van der Waals surface area contributed by atoms with E-state index in [2.05, 4.69) is 37.9 Å². The van der Waals surface area contributed by atoms with Crippen LogP contribution in [0.4, 0.5) is 0 Å². The zero-order valence-electron chi connectivity index (χ0n) is 11.8. The fourth-order valence-electron chi connectivity index (χ4n) is 2.41. The SMILES string of the molecule is SCCCCCCC(CCS)CCCCCCS. The van der Waals surface area contributed by atoms with Crippen molar-refractivity contribution in [1.82, 2.24) is 0 Å². The molecule has 0 amide bonds. The third kappa shape index (κ3) is 13.5. The summed E-state index contributed by atoms with van der Waals surface area (Å²) in [4.78, 5) is 0. The van der Waals surface area contributed by atoms with Crippen LogP contribution in [0.3, 0.4) is 0 Å². The lowest BCUT2D eigenvalue weighted by atomic mass is 9.92. The minimum absolute atomic E-state index is 0.925. The molecule has 0 bridgehead atoms. The molecule has 0 nitrogen and oxygen atoms in total. The molecule has 0 fully saturated rings. The number of hydrogen-bond donors (Lipinski definition) is 3. The van der Waals surface area contributed by atoms with E-state index in [0.29, 0.717) is 0 Å². The van der Waals surface area contributed by atoms with Gasteiger partial charge in [-0.15, -0.1) is 0 Å². The van der Waals surface area contributed by atoms with Crippen LogP contribution in [0.1, 0.15) is 70.6 Å². The zero-order chi connectivity index (χ0) is 13.5. The smallest absolute Gasteiger partial charge is 0.00953 e. The molecule has 0 unspecified atom stereocenters. The van der Waals surface area contributed by atoms with Gasteiger partial charge in [0.2, 0.25) is 0 Å². The first kappa shape index (κ1) is 19.1. The molecule has 0 spiro atoms. The van der Waals surface area contributed by atoms with Crippen LogP contribution in [0, 0.1) is 5.92 Å². The van der Waals surface area contributed by atoms with E-state index < -0.39 is 0 Å². The van der Waals surface area contributed by atoms with E-state index >= 15 is 0 Å². The molecule has 0 radical (unpaired) electrons. The van der Waals surface area contributed by atoms with Crippen LogP contribution in [-0.4, -0.2) is 17.3 Å². The molecule has 0 heterocycles. The van der Waals surface area contributed by atoms with Gasteiger partial charge in [0.15, 0.2) is 0 Å². The molecule has 0 aliphatic carbocycles. The molecule has 0 saturated heterocycles. The highest BCUT2D eigenvalue weighted by atomic mass is 32.1. The fourth-order valence-corrected chi connectivity index (χ4v) is 3.22. The molecular formula is C15H32S3. The first-order valence-corrected chi connectivity index (χ1v) is 9.57. The molecule has 3 heteroatoms. The summed E-state index contributed by atoms with van der Waals surface area (Å²) in [7, 11) is 0. The van der Waals surface area contributed by atoms with Crippen molar-refractivity contribution in [2.24, 2.45) is 5.92 Å². The molecule has 110 valence electrons. The van der Waals surface area contributed by atoms with Gasteiger partial charge in [-0.3, -0.25) is 0 Å². The summed E-state index contributed by atoms with van der Waals surface area (Å²) in [5.41, 5.74) is 0. The molecule has 0 aromatic heterocycles. The van der Waals surface area contributed by atoms with Crippen LogP contribution in [0.15, 0.2) is 0 Å². The van der Waals surface area contributed by atoms with Gasteiger partial charge in [0.05, 0.1) is 0 Å². The Kier molecular flexibility index (Phi) is 17.0. The molecule has 0 rings (SSSR count). The molecule has 0 aromatic rings. The first-order chi connectivity index (χ1) is 8.85. The van der Waals surface area contributed by atoms with Gasteiger partial charge in [0.1, 0.15) is 0 Å². The molecule has 0 saturated carbocycles. The Morgan fingerprint density at radius 1 is 0.444 bits per heavy atom. The van der Waals surface area contributed by atoms with E-state index in [1.54, 1.807) is 0 Å². The summed E-state index contributed by atoms with van der Waals surface area (Å²) < 4.78 is 0. The van der Waals surface area contributed by atoms with Gasteiger partial charge < -0.3 is 0 Å². The summed E-state index contributed by atoms with van der Waals surface area (Å²) in [5.74, 6) is 4.07. The van der Waals surface area contributed by atoms with E-state index in [4.69, 9.17) is 0 Å². The maximum Gasteiger partial charge on any atom is -0.00953 e. The van der Waals surface area contributed by atoms with Crippen molar-refractivity contribution in [3.63, 3.8) is 0 Å². The Balaban J connectivity index is 3.45. The molecule has 0 aliphatic heterocycles. The first-order valence-electron chi connectivity index (χ1n) is 7.67. The van der Waals surface area contributed by atoms with Crippen LogP contribution in [0.5, 0.6) is 0 Å². The summed E-state index contributed by atoms with van der Waals surface area (Å²) in [6.45, 7) is 0. The molecule has 0 atom stereocenters. The largest absolute Gasteiger partial charge is 0.179 e. The Hall–Kier alpha value is 1.05. The second-order valence-electron chi connectivity index (χ2n) is 5.23. The minimum Gasteiger partial charge on any atom is -0.179 e. The Labute approximate surface area is 131 Å². The van der Waals surface area contributed by atoms with Gasteiger partial charge >= 0.3 is 0 Å². The number of thiol groups is 3. The van der Waals surface area contributed by atoms with Crippen LogP contribution >= 0.6 is 37.9 Å². The predicted octanol–water partition coefficient (Wildman–Crippen LogP) is 5.68.